The lowest BCUT2D eigenvalue weighted by Crippen LogP contribution is -2.34. The third-order valence-corrected chi connectivity index (χ3v) is 5.80. The summed E-state index contributed by atoms with van der Waals surface area (Å²) in [6.45, 7) is 3.75. The highest BCUT2D eigenvalue weighted by atomic mass is 19.1. The van der Waals surface area contributed by atoms with E-state index < -0.39 is 5.97 Å². The minimum Gasteiger partial charge on any atom is -0.486 e. The molecule has 5 rings (SSSR count). The molecule has 0 aliphatic carbocycles. The molecule has 3 aromatic rings. The van der Waals surface area contributed by atoms with Crippen molar-refractivity contribution >= 4 is 17.3 Å². The maximum Gasteiger partial charge on any atom is 0.356 e. The van der Waals surface area contributed by atoms with Crippen LogP contribution in [-0.4, -0.2) is 41.7 Å². The topological polar surface area (TPSA) is 65.3 Å². The Hall–Kier alpha value is -3.29. The predicted octanol–water partition coefficient (Wildman–Crippen LogP) is 4.15. The van der Waals surface area contributed by atoms with E-state index >= 15 is 0 Å². The van der Waals surface area contributed by atoms with Gasteiger partial charge in [-0.1, -0.05) is 0 Å². The van der Waals surface area contributed by atoms with Crippen molar-refractivity contribution in [1.29, 1.82) is 0 Å². The van der Waals surface area contributed by atoms with E-state index in [0.717, 1.165) is 37.1 Å². The van der Waals surface area contributed by atoms with Crippen molar-refractivity contribution in [1.82, 2.24) is 9.38 Å². The molecule has 1 unspecified atom stereocenters. The van der Waals surface area contributed by atoms with Gasteiger partial charge in [-0.05, 0) is 44.4 Å². The number of fused-ring (bicyclic) bond motifs is 2. The number of esters is 1. The molecule has 1 atom stereocenters. The van der Waals surface area contributed by atoms with Gasteiger partial charge in [-0.2, -0.15) is 0 Å². The third kappa shape index (κ3) is 3.56. The standard InChI is InChI=1S/C23H24FN3O4/c1-2-29-23(28)19-13-25-21-7-6-16(14-27(19)21)26-8-4-3-5-18(26)17-11-15(24)12-20-22(17)31-10-9-30-20/h6-7,11-14,18H,2-5,8-10H2,1H3. The average Bonchev–Trinajstić information content (AvgIpc) is 3.22. The van der Waals surface area contributed by atoms with Crippen LogP contribution in [0.5, 0.6) is 11.5 Å². The maximum absolute atomic E-state index is 14.4. The molecule has 0 N–H and O–H groups in total. The molecular weight excluding hydrogens is 401 g/mol. The van der Waals surface area contributed by atoms with Crippen LogP contribution < -0.4 is 14.4 Å². The second-order valence-electron chi connectivity index (χ2n) is 7.70. The fourth-order valence-electron chi connectivity index (χ4n) is 4.45. The summed E-state index contributed by atoms with van der Waals surface area (Å²) < 4.78 is 32.8. The lowest BCUT2D eigenvalue weighted by Gasteiger charge is -2.39. The smallest absolute Gasteiger partial charge is 0.356 e. The Kier molecular flexibility index (Phi) is 5.13. The van der Waals surface area contributed by atoms with Gasteiger partial charge < -0.3 is 19.1 Å². The van der Waals surface area contributed by atoms with E-state index in [1.54, 1.807) is 17.4 Å². The number of piperidine rings is 1. The van der Waals surface area contributed by atoms with E-state index in [-0.39, 0.29) is 11.9 Å². The number of rotatable bonds is 4. The molecule has 2 aliphatic rings. The number of imidazole rings is 1. The van der Waals surface area contributed by atoms with Gasteiger partial charge in [-0.15, -0.1) is 0 Å². The molecule has 1 saturated heterocycles. The number of benzene rings is 1. The van der Waals surface area contributed by atoms with Gasteiger partial charge in [0.2, 0.25) is 0 Å². The Morgan fingerprint density at radius 1 is 1.26 bits per heavy atom. The van der Waals surface area contributed by atoms with E-state index in [1.807, 2.05) is 18.3 Å². The summed E-state index contributed by atoms with van der Waals surface area (Å²) >= 11 is 0. The highest BCUT2D eigenvalue weighted by Crippen LogP contribution is 2.44. The molecule has 0 saturated carbocycles. The van der Waals surface area contributed by atoms with Gasteiger partial charge in [0, 0.05) is 24.4 Å². The number of hydrogen-bond acceptors (Lipinski definition) is 6. The van der Waals surface area contributed by atoms with Gasteiger partial charge >= 0.3 is 5.97 Å². The van der Waals surface area contributed by atoms with Crippen molar-refractivity contribution in [3.05, 3.63) is 53.7 Å². The zero-order valence-electron chi connectivity index (χ0n) is 17.3. The molecule has 31 heavy (non-hydrogen) atoms. The van der Waals surface area contributed by atoms with Crippen molar-refractivity contribution in [3.63, 3.8) is 0 Å². The molecule has 0 amide bonds. The monoisotopic (exact) mass is 425 g/mol. The summed E-state index contributed by atoms with van der Waals surface area (Å²) in [6, 6.07) is 6.74. The van der Waals surface area contributed by atoms with E-state index in [1.165, 1.54) is 12.3 Å². The number of ether oxygens (including phenoxy) is 3. The molecule has 2 aliphatic heterocycles. The minimum atomic E-state index is -0.410. The SMILES string of the molecule is CCOC(=O)c1cnc2ccc(N3CCCCC3c3cc(F)cc4c3OCCO4)cn12. The zero-order valence-corrected chi connectivity index (χ0v) is 17.3. The fraction of sp³-hybridized carbons (Fsp3) is 0.391. The van der Waals surface area contributed by atoms with Crippen molar-refractivity contribution in [2.45, 2.75) is 32.2 Å². The van der Waals surface area contributed by atoms with Crippen LogP contribution in [-0.2, 0) is 4.74 Å². The minimum absolute atomic E-state index is 0.0630. The van der Waals surface area contributed by atoms with E-state index in [2.05, 4.69) is 9.88 Å². The van der Waals surface area contributed by atoms with Crippen molar-refractivity contribution < 1.29 is 23.4 Å². The van der Waals surface area contributed by atoms with Crippen molar-refractivity contribution in [3.8, 4) is 11.5 Å². The molecular formula is C23H24FN3O4. The quantitative estimate of drug-likeness (QED) is 0.585. The van der Waals surface area contributed by atoms with E-state index in [4.69, 9.17) is 14.2 Å². The molecule has 0 radical (unpaired) electrons. The molecule has 0 spiro atoms. The second kappa shape index (κ2) is 8.09. The van der Waals surface area contributed by atoms with Crippen molar-refractivity contribution in [2.75, 3.05) is 31.3 Å². The lowest BCUT2D eigenvalue weighted by atomic mass is 9.93. The van der Waals surface area contributed by atoms with Crippen LogP contribution in [0.1, 0.15) is 48.3 Å². The Morgan fingerprint density at radius 2 is 2.13 bits per heavy atom. The Bertz CT molecular complexity index is 1130. The Labute approximate surface area is 179 Å². The number of nitrogens with zero attached hydrogens (tertiary/aromatic N) is 3. The zero-order chi connectivity index (χ0) is 21.4. The second-order valence-corrected chi connectivity index (χ2v) is 7.70. The highest BCUT2D eigenvalue weighted by molar-refractivity contribution is 5.88. The number of carbonyl (C=O) groups is 1. The van der Waals surface area contributed by atoms with Crippen LogP contribution in [0.4, 0.5) is 10.1 Å². The van der Waals surface area contributed by atoms with Crippen LogP contribution in [0.25, 0.3) is 5.65 Å². The normalized spacial score (nSPS) is 18.3. The number of carbonyl (C=O) groups excluding carboxylic acids is 1. The molecule has 1 fully saturated rings. The highest BCUT2D eigenvalue weighted by Gasteiger charge is 2.30. The van der Waals surface area contributed by atoms with Gasteiger partial charge in [-0.25, -0.2) is 14.2 Å². The first kappa shape index (κ1) is 19.7. The predicted molar refractivity (Wildman–Crippen MR) is 112 cm³/mol. The summed E-state index contributed by atoms with van der Waals surface area (Å²) in [6.07, 6.45) is 6.35. The Morgan fingerprint density at radius 3 is 3.00 bits per heavy atom. The van der Waals surface area contributed by atoms with Crippen LogP contribution >= 0.6 is 0 Å². The fourth-order valence-corrected chi connectivity index (χ4v) is 4.45. The van der Waals surface area contributed by atoms with E-state index in [9.17, 15) is 9.18 Å². The molecule has 1 aromatic carbocycles. The number of hydrogen-bond donors (Lipinski definition) is 0. The van der Waals surface area contributed by atoms with Crippen molar-refractivity contribution in [2.24, 2.45) is 0 Å². The number of pyridine rings is 1. The summed E-state index contributed by atoms with van der Waals surface area (Å²) in [5, 5.41) is 0. The molecule has 0 bridgehead atoms. The largest absolute Gasteiger partial charge is 0.486 e. The van der Waals surface area contributed by atoms with Gasteiger partial charge in [0.05, 0.1) is 24.5 Å². The average molecular weight is 425 g/mol. The Balaban J connectivity index is 1.56. The summed E-state index contributed by atoms with van der Waals surface area (Å²) in [5.41, 5.74) is 2.77. The summed E-state index contributed by atoms with van der Waals surface area (Å²) in [5.74, 6) is 0.341. The van der Waals surface area contributed by atoms with Crippen LogP contribution in [0.15, 0.2) is 36.7 Å². The van der Waals surface area contributed by atoms with Gasteiger partial charge in [0.15, 0.2) is 17.2 Å². The summed E-state index contributed by atoms with van der Waals surface area (Å²) in [7, 11) is 0. The van der Waals surface area contributed by atoms with Gasteiger partial charge in [0.25, 0.3) is 0 Å². The number of anilines is 1. The maximum atomic E-state index is 14.4. The van der Waals surface area contributed by atoms with Gasteiger partial charge in [-0.3, -0.25) is 4.40 Å². The van der Waals surface area contributed by atoms with Crippen LogP contribution in [0.2, 0.25) is 0 Å². The third-order valence-electron chi connectivity index (χ3n) is 5.80. The molecule has 7 nitrogen and oxygen atoms in total. The number of aromatic nitrogens is 2. The molecule has 4 heterocycles. The molecule has 8 heteroatoms. The van der Waals surface area contributed by atoms with Crippen LogP contribution in [0, 0.1) is 5.82 Å². The number of halogens is 1. The van der Waals surface area contributed by atoms with E-state index in [0.29, 0.717) is 42.7 Å². The first-order chi connectivity index (χ1) is 15.2. The molecule has 2 aromatic heterocycles. The van der Waals surface area contributed by atoms with Crippen LogP contribution in [0.3, 0.4) is 0 Å². The first-order valence-corrected chi connectivity index (χ1v) is 10.7. The first-order valence-electron chi connectivity index (χ1n) is 10.7. The van der Waals surface area contributed by atoms with Gasteiger partial charge in [0.1, 0.15) is 24.7 Å². The molecule has 162 valence electrons. The summed E-state index contributed by atoms with van der Waals surface area (Å²) in [4.78, 5) is 18.9. The lowest BCUT2D eigenvalue weighted by molar-refractivity contribution is 0.0518.